The van der Waals surface area contributed by atoms with Crippen LogP contribution in [0.2, 0.25) is 10.0 Å². The Morgan fingerprint density at radius 2 is 1.79 bits per heavy atom. The van der Waals surface area contributed by atoms with Gasteiger partial charge < -0.3 is 5.32 Å². The lowest BCUT2D eigenvalue weighted by atomic mass is 9.99. The molecule has 0 saturated carbocycles. The summed E-state index contributed by atoms with van der Waals surface area (Å²) in [7, 11) is -3.72. The molecule has 0 spiro atoms. The zero-order chi connectivity index (χ0) is 21.1. The molecule has 0 radical (unpaired) electrons. The van der Waals surface area contributed by atoms with Crippen LogP contribution in [0.4, 0.5) is 5.69 Å². The van der Waals surface area contributed by atoms with Gasteiger partial charge in [0.25, 0.3) is 0 Å². The number of benzene rings is 2. The molecule has 1 unspecified atom stereocenters. The van der Waals surface area contributed by atoms with E-state index in [0.717, 1.165) is 21.7 Å². The summed E-state index contributed by atoms with van der Waals surface area (Å²) in [5.41, 5.74) is 3.50. The Balaban J connectivity index is 2.24. The highest BCUT2D eigenvalue weighted by molar-refractivity contribution is 7.92. The van der Waals surface area contributed by atoms with E-state index in [1.54, 1.807) is 0 Å². The third-order valence-corrected chi connectivity index (χ3v) is 6.21. The predicted octanol–water partition coefficient (Wildman–Crippen LogP) is 4.64. The SMILES string of the molecule is CCC(NC(=O)CN(c1ccc(Cl)cc1Cl)S(C)(=O)=O)c1ccc(C)c(C)c1. The second kappa shape index (κ2) is 9.16. The monoisotopic (exact) mass is 442 g/mol. The number of carbonyl (C=O) groups is 1. The van der Waals surface area contributed by atoms with Gasteiger partial charge in [-0.25, -0.2) is 8.42 Å². The maximum Gasteiger partial charge on any atom is 0.241 e. The smallest absolute Gasteiger partial charge is 0.241 e. The Morgan fingerprint density at radius 1 is 1.11 bits per heavy atom. The number of amides is 1. The molecule has 152 valence electrons. The predicted molar refractivity (Wildman–Crippen MR) is 116 cm³/mol. The van der Waals surface area contributed by atoms with Crippen molar-refractivity contribution in [1.29, 1.82) is 0 Å². The molecule has 2 aromatic rings. The molecule has 2 aromatic carbocycles. The van der Waals surface area contributed by atoms with E-state index in [1.807, 2.05) is 39.0 Å². The van der Waals surface area contributed by atoms with Gasteiger partial charge in [-0.2, -0.15) is 0 Å². The van der Waals surface area contributed by atoms with Crippen LogP contribution in [-0.2, 0) is 14.8 Å². The van der Waals surface area contributed by atoms with Crippen LogP contribution in [0.5, 0.6) is 0 Å². The number of hydrogen-bond acceptors (Lipinski definition) is 3. The lowest BCUT2D eigenvalue weighted by Crippen LogP contribution is -2.41. The topological polar surface area (TPSA) is 66.5 Å². The van der Waals surface area contributed by atoms with Crippen molar-refractivity contribution in [3.63, 3.8) is 0 Å². The van der Waals surface area contributed by atoms with Crippen molar-refractivity contribution in [1.82, 2.24) is 5.32 Å². The van der Waals surface area contributed by atoms with Crippen molar-refractivity contribution >= 4 is 44.8 Å². The normalized spacial score (nSPS) is 12.5. The van der Waals surface area contributed by atoms with Gasteiger partial charge in [0.2, 0.25) is 15.9 Å². The van der Waals surface area contributed by atoms with Crippen LogP contribution < -0.4 is 9.62 Å². The minimum Gasteiger partial charge on any atom is -0.348 e. The fraction of sp³-hybridized carbons (Fsp3) is 0.350. The van der Waals surface area contributed by atoms with E-state index in [1.165, 1.54) is 23.8 Å². The first-order chi connectivity index (χ1) is 13.0. The summed E-state index contributed by atoms with van der Waals surface area (Å²) in [6.45, 7) is 5.63. The standard InChI is InChI=1S/C20H24Cl2N2O3S/c1-5-18(15-7-6-13(2)14(3)10-15)23-20(25)12-24(28(4,26)27)19-9-8-16(21)11-17(19)22/h6-11,18H,5,12H2,1-4H3,(H,23,25). The minimum atomic E-state index is -3.72. The second-order valence-corrected chi connectivity index (χ2v) is 9.49. The maximum atomic E-state index is 12.7. The average molecular weight is 443 g/mol. The molecule has 5 nitrogen and oxygen atoms in total. The number of nitrogens with one attached hydrogen (secondary N) is 1. The lowest BCUT2D eigenvalue weighted by molar-refractivity contribution is -0.120. The van der Waals surface area contributed by atoms with Gasteiger partial charge in [0.15, 0.2) is 0 Å². The fourth-order valence-corrected chi connectivity index (χ4v) is 4.27. The van der Waals surface area contributed by atoms with Gasteiger partial charge in [0.1, 0.15) is 6.54 Å². The van der Waals surface area contributed by atoms with Crippen LogP contribution in [0.15, 0.2) is 36.4 Å². The minimum absolute atomic E-state index is 0.159. The lowest BCUT2D eigenvalue weighted by Gasteiger charge is -2.25. The first kappa shape index (κ1) is 22.5. The molecule has 0 aromatic heterocycles. The fourth-order valence-electron chi connectivity index (χ4n) is 2.84. The van der Waals surface area contributed by atoms with Crippen molar-refractivity contribution in [3.8, 4) is 0 Å². The quantitative estimate of drug-likeness (QED) is 0.678. The van der Waals surface area contributed by atoms with Gasteiger partial charge in [-0.3, -0.25) is 9.10 Å². The van der Waals surface area contributed by atoms with E-state index in [2.05, 4.69) is 5.32 Å². The van der Waals surface area contributed by atoms with Crippen LogP contribution in [0.1, 0.15) is 36.1 Å². The highest BCUT2D eigenvalue weighted by Crippen LogP contribution is 2.30. The van der Waals surface area contributed by atoms with Crippen molar-refractivity contribution < 1.29 is 13.2 Å². The maximum absolute atomic E-state index is 12.7. The zero-order valence-corrected chi connectivity index (χ0v) is 18.6. The number of rotatable bonds is 7. The Hall–Kier alpha value is -1.76. The largest absolute Gasteiger partial charge is 0.348 e. The number of carbonyl (C=O) groups excluding carboxylic acids is 1. The van der Waals surface area contributed by atoms with E-state index in [0.29, 0.717) is 11.4 Å². The molecule has 0 aliphatic carbocycles. The average Bonchev–Trinajstić information content (AvgIpc) is 2.60. The molecule has 8 heteroatoms. The molecule has 1 amide bonds. The van der Waals surface area contributed by atoms with Gasteiger partial charge in [0.05, 0.1) is 23.0 Å². The second-order valence-electron chi connectivity index (χ2n) is 6.74. The summed E-state index contributed by atoms with van der Waals surface area (Å²) < 4.78 is 25.5. The van der Waals surface area contributed by atoms with Crippen molar-refractivity contribution in [2.75, 3.05) is 17.1 Å². The summed E-state index contributed by atoms with van der Waals surface area (Å²) in [4.78, 5) is 12.7. The molecule has 0 bridgehead atoms. The number of anilines is 1. The first-order valence-corrected chi connectivity index (χ1v) is 11.4. The molecule has 0 fully saturated rings. The molecule has 0 saturated heterocycles. The van der Waals surface area contributed by atoms with Gasteiger partial charge in [-0.1, -0.05) is 48.3 Å². The molecule has 0 aliphatic rings. The molecule has 1 N–H and O–H groups in total. The van der Waals surface area contributed by atoms with E-state index in [-0.39, 0.29) is 23.3 Å². The number of nitrogens with zero attached hydrogens (tertiary/aromatic N) is 1. The van der Waals surface area contributed by atoms with Crippen LogP contribution >= 0.6 is 23.2 Å². The van der Waals surface area contributed by atoms with Crippen molar-refractivity contribution in [2.45, 2.75) is 33.2 Å². The highest BCUT2D eigenvalue weighted by atomic mass is 35.5. The number of aryl methyl sites for hydroxylation is 2. The van der Waals surface area contributed by atoms with E-state index >= 15 is 0 Å². The summed E-state index contributed by atoms with van der Waals surface area (Å²) >= 11 is 12.0. The molecule has 28 heavy (non-hydrogen) atoms. The van der Waals surface area contributed by atoms with Crippen LogP contribution in [0.3, 0.4) is 0 Å². The Labute approximate surface area is 176 Å². The third kappa shape index (κ3) is 5.63. The van der Waals surface area contributed by atoms with Crippen molar-refractivity contribution in [3.05, 3.63) is 63.1 Å². The highest BCUT2D eigenvalue weighted by Gasteiger charge is 2.24. The van der Waals surface area contributed by atoms with E-state index in [4.69, 9.17) is 23.2 Å². The summed E-state index contributed by atoms with van der Waals surface area (Å²) in [5.74, 6) is -0.415. The molecule has 0 heterocycles. The van der Waals surface area contributed by atoms with Crippen LogP contribution in [0, 0.1) is 13.8 Å². The van der Waals surface area contributed by atoms with Crippen LogP contribution in [0.25, 0.3) is 0 Å². The molecule has 1 atom stereocenters. The third-order valence-electron chi connectivity index (χ3n) is 4.54. The summed E-state index contributed by atoms with van der Waals surface area (Å²) in [5, 5.41) is 3.46. The van der Waals surface area contributed by atoms with E-state index in [9.17, 15) is 13.2 Å². The van der Waals surface area contributed by atoms with Crippen LogP contribution in [-0.4, -0.2) is 27.1 Å². The van der Waals surface area contributed by atoms with E-state index < -0.39 is 15.9 Å². The van der Waals surface area contributed by atoms with Crippen molar-refractivity contribution in [2.24, 2.45) is 0 Å². The number of hydrogen-bond donors (Lipinski definition) is 1. The summed E-state index contributed by atoms with van der Waals surface area (Å²) in [6, 6.07) is 10.3. The molecular weight excluding hydrogens is 419 g/mol. The number of sulfonamides is 1. The zero-order valence-electron chi connectivity index (χ0n) is 16.3. The number of halogens is 2. The molecular formula is C20H24Cl2N2O3S. The summed E-state index contributed by atoms with van der Waals surface area (Å²) in [6.07, 6.45) is 1.71. The Morgan fingerprint density at radius 3 is 2.32 bits per heavy atom. The van der Waals surface area contributed by atoms with Gasteiger partial charge in [0, 0.05) is 5.02 Å². The molecule has 0 aliphatic heterocycles. The van der Waals surface area contributed by atoms with Gasteiger partial charge >= 0.3 is 0 Å². The first-order valence-electron chi connectivity index (χ1n) is 8.82. The van der Waals surface area contributed by atoms with Gasteiger partial charge in [-0.15, -0.1) is 0 Å². The van der Waals surface area contributed by atoms with Gasteiger partial charge in [-0.05, 0) is 55.2 Å². The Kier molecular flexibility index (Phi) is 7.37. The molecule has 2 rings (SSSR count). The Bertz CT molecular complexity index is 977.